The first-order valence-electron chi connectivity index (χ1n) is 5.82. The van der Waals surface area contributed by atoms with Gasteiger partial charge in [-0.25, -0.2) is 13.2 Å². The summed E-state index contributed by atoms with van der Waals surface area (Å²) in [6.45, 7) is 0. The van der Waals surface area contributed by atoms with Gasteiger partial charge < -0.3 is 5.73 Å². The van der Waals surface area contributed by atoms with Crippen molar-refractivity contribution in [3.63, 3.8) is 0 Å². The molecular weight excluding hydrogens is 269 g/mol. The number of rotatable bonds is 4. The second-order valence-electron chi connectivity index (χ2n) is 4.28. The third-order valence-electron chi connectivity index (χ3n) is 2.96. The van der Waals surface area contributed by atoms with Crippen LogP contribution in [0, 0.1) is 17.5 Å². The van der Waals surface area contributed by atoms with E-state index >= 15 is 0 Å². The molecule has 0 radical (unpaired) electrons. The lowest BCUT2D eigenvalue weighted by Crippen LogP contribution is -2.31. The summed E-state index contributed by atoms with van der Waals surface area (Å²) in [6, 6.07) is 1.90. The Hall–Kier alpha value is -2.12. The zero-order valence-electron chi connectivity index (χ0n) is 10.4. The fourth-order valence-electron chi connectivity index (χ4n) is 1.96. The number of hydrogen-bond donors (Lipinski definition) is 3. The third kappa shape index (κ3) is 2.89. The summed E-state index contributed by atoms with van der Waals surface area (Å²) < 4.78 is 40.4. The van der Waals surface area contributed by atoms with Crippen molar-refractivity contribution in [3.8, 4) is 0 Å². The van der Waals surface area contributed by atoms with E-state index in [2.05, 4.69) is 10.4 Å². The van der Waals surface area contributed by atoms with Crippen molar-refractivity contribution >= 4 is 5.69 Å². The molecule has 0 fully saturated rings. The summed E-state index contributed by atoms with van der Waals surface area (Å²) in [7, 11) is 0. The van der Waals surface area contributed by atoms with E-state index in [0.717, 1.165) is 0 Å². The third-order valence-corrected chi connectivity index (χ3v) is 2.96. The summed E-state index contributed by atoms with van der Waals surface area (Å²) in [6.07, 6.45) is 3.11. The number of anilines is 1. The van der Waals surface area contributed by atoms with Crippen LogP contribution < -0.4 is 17.0 Å². The Morgan fingerprint density at radius 1 is 1.20 bits per heavy atom. The Balaban J connectivity index is 2.37. The lowest BCUT2D eigenvalue weighted by molar-refractivity contribution is 0.462. The lowest BCUT2D eigenvalue weighted by Gasteiger charge is -2.18. The molecule has 106 valence electrons. The second kappa shape index (κ2) is 5.89. The Labute approximate surface area is 113 Å². The molecule has 2 aromatic rings. The maximum absolute atomic E-state index is 13.7. The minimum atomic E-state index is -1.01. The summed E-state index contributed by atoms with van der Waals surface area (Å²) in [5.74, 6) is 2.34. The average Bonchev–Trinajstić information content (AvgIpc) is 2.38. The van der Waals surface area contributed by atoms with Gasteiger partial charge in [0.1, 0.15) is 17.5 Å². The maximum atomic E-state index is 13.7. The number of hydrazine groups is 1. The standard InChI is InChI=1S/C13H13F3N4/c14-8-4-9(15)13(10(16)5-8)12(20-18)3-7-6-19-2-1-11(7)17/h1-2,4-6,12,20H,3,18H2,(H2,17,19). The number of benzene rings is 1. The van der Waals surface area contributed by atoms with Gasteiger partial charge in [-0.05, 0) is 18.1 Å². The van der Waals surface area contributed by atoms with Gasteiger partial charge in [-0.2, -0.15) is 0 Å². The van der Waals surface area contributed by atoms with E-state index in [1.165, 1.54) is 12.4 Å². The van der Waals surface area contributed by atoms with Crippen molar-refractivity contribution < 1.29 is 13.2 Å². The van der Waals surface area contributed by atoms with Crippen molar-refractivity contribution in [2.45, 2.75) is 12.5 Å². The smallest absolute Gasteiger partial charge is 0.133 e. The normalized spacial score (nSPS) is 12.4. The number of nitrogens with zero attached hydrogens (tertiary/aromatic N) is 1. The summed E-state index contributed by atoms with van der Waals surface area (Å²) in [5.41, 5.74) is 8.73. The van der Waals surface area contributed by atoms with E-state index in [1.807, 2.05) is 0 Å². The van der Waals surface area contributed by atoms with Gasteiger partial charge in [-0.3, -0.25) is 16.3 Å². The number of aromatic nitrogens is 1. The highest BCUT2D eigenvalue weighted by Crippen LogP contribution is 2.26. The van der Waals surface area contributed by atoms with Gasteiger partial charge in [0.15, 0.2) is 0 Å². The molecule has 1 aromatic heterocycles. The first-order chi connectivity index (χ1) is 9.52. The molecule has 0 spiro atoms. The van der Waals surface area contributed by atoms with Gasteiger partial charge in [-0.15, -0.1) is 0 Å². The highest BCUT2D eigenvalue weighted by atomic mass is 19.1. The molecule has 0 saturated heterocycles. The molecule has 5 N–H and O–H groups in total. The zero-order chi connectivity index (χ0) is 14.7. The maximum Gasteiger partial charge on any atom is 0.133 e. The van der Waals surface area contributed by atoms with Crippen LogP contribution in [0.1, 0.15) is 17.2 Å². The van der Waals surface area contributed by atoms with Crippen molar-refractivity contribution in [1.82, 2.24) is 10.4 Å². The summed E-state index contributed by atoms with van der Waals surface area (Å²) >= 11 is 0. The van der Waals surface area contributed by atoms with Crippen LogP contribution in [0.4, 0.5) is 18.9 Å². The number of nitrogens with one attached hydrogen (secondary N) is 1. The van der Waals surface area contributed by atoms with Crippen LogP contribution in [-0.4, -0.2) is 4.98 Å². The molecule has 0 amide bonds. The number of halogens is 3. The van der Waals surface area contributed by atoms with Crippen LogP contribution in [0.15, 0.2) is 30.6 Å². The highest BCUT2D eigenvalue weighted by molar-refractivity contribution is 5.45. The molecule has 0 saturated carbocycles. The molecule has 0 aliphatic heterocycles. The molecule has 7 heteroatoms. The molecule has 4 nitrogen and oxygen atoms in total. The van der Waals surface area contributed by atoms with Crippen molar-refractivity contribution in [3.05, 3.63) is 59.2 Å². The zero-order valence-corrected chi connectivity index (χ0v) is 10.4. The van der Waals surface area contributed by atoms with E-state index in [1.54, 1.807) is 6.07 Å². The first kappa shape index (κ1) is 14.3. The molecular formula is C13H13F3N4. The Morgan fingerprint density at radius 2 is 1.85 bits per heavy atom. The quantitative estimate of drug-likeness (QED) is 0.590. The molecule has 1 heterocycles. The average molecular weight is 282 g/mol. The molecule has 0 aliphatic rings. The van der Waals surface area contributed by atoms with Crippen molar-refractivity contribution in [2.75, 3.05) is 5.73 Å². The SMILES string of the molecule is NNC(Cc1cnccc1N)c1c(F)cc(F)cc1F. The molecule has 0 bridgehead atoms. The lowest BCUT2D eigenvalue weighted by atomic mass is 9.98. The largest absolute Gasteiger partial charge is 0.398 e. The monoisotopic (exact) mass is 282 g/mol. The number of hydrogen-bond acceptors (Lipinski definition) is 4. The fourth-order valence-corrected chi connectivity index (χ4v) is 1.96. The van der Waals surface area contributed by atoms with Crippen LogP contribution in [0.2, 0.25) is 0 Å². The van der Waals surface area contributed by atoms with Crippen LogP contribution in [0.25, 0.3) is 0 Å². The molecule has 2 rings (SSSR count). The predicted molar refractivity (Wildman–Crippen MR) is 68.7 cm³/mol. The summed E-state index contributed by atoms with van der Waals surface area (Å²) in [4.78, 5) is 3.89. The van der Waals surface area contributed by atoms with Gasteiger partial charge in [-0.1, -0.05) is 0 Å². The van der Waals surface area contributed by atoms with Crippen LogP contribution in [-0.2, 0) is 6.42 Å². The van der Waals surface area contributed by atoms with Gasteiger partial charge in [0.2, 0.25) is 0 Å². The molecule has 20 heavy (non-hydrogen) atoms. The van der Waals surface area contributed by atoms with Crippen molar-refractivity contribution in [2.24, 2.45) is 5.84 Å². The van der Waals surface area contributed by atoms with Gasteiger partial charge in [0.25, 0.3) is 0 Å². The van der Waals surface area contributed by atoms with Crippen LogP contribution in [0.5, 0.6) is 0 Å². The molecule has 1 atom stereocenters. The topological polar surface area (TPSA) is 77.0 Å². The van der Waals surface area contributed by atoms with Gasteiger partial charge in [0.05, 0.1) is 6.04 Å². The Bertz CT molecular complexity index is 595. The summed E-state index contributed by atoms with van der Waals surface area (Å²) in [5, 5.41) is 0. The number of nitrogen functional groups attached to an aromatic ring is 1. The van der Waals surface area contributed by atoms with Crippen LogP contribution >= 0.6 is 0 Å². The predicted octanol–water partition coefficient (Wildman–Crippen LogP) is 1.83. The fraction of sp³-hybridized carbons (Fsp3) is 0.154. The van der Waals surface area contributed by atoms with E-state index in [4.69, 9.17) is 11.6 Å². The van der Waals surface area contributed by atoms with Gasteiger partial charge in [0, 0.05) is 35.8 Å². The number of pyridine rings is 1. The Morgan fingerprint density at radius 3 is 2.40 bits per heavy atom. The second-order valence-corrected chi connectivity index (χ2v) is 4.28. The molecule has 1 aromatic carbocycles. The van der Waals surface area contributed by atoms with Gasteiger partial charge >= 0.3 is 0 Å². The van der Waals surface area contributed by atoms with E-state index in [9.17, 15) is 13.2 Å². The molecule has 0 aliphatic carbocycles. The van der Waals surface area contributed by atoms with Crippen LogP contribution in [0.3, 0.4) is 0 Å². The first-order valence-corrected chi connectivity index (χ1v) is 5.82. The van der Waals surface area contributed by atoms with Crippen molar-refractivity contribution in [1.29, 1.82) is 0 Å². The van der Waals surface area contributed by atoms with E-state index in [0.29, 0.717) is 23.4 Å². The molecule has 1 unspecified atom stereocenters. The minimum absolute atomic E-state index is 0.121. The number of nitrogens with two attached hydrogens (primary N) is 2. The Kier molecular flexibility index (Phi) is 4.21. The highest BCUT2D eigenvalue weighted by Gasteiger charge is 2.21. The van der Waals surface area contributed by atoms with E-state index in [-0.39, 0.29) is 12.0 Å². The van der Waals surface area contributed by atoms with E-state index < -0.39 is 23.5 Å². The minimum Gasteiger partial charge on any atom is -0.398 e.